The van der Waals surface area contributed by atoms with Gasteiger partial charge in [0.2, 0.25) is 0 Å². The maximum Gasteiger partial charge on any atom is 0.160 e. The molecule has 0 bridgehead atoms. The molecule has 1 saturated carbocycles. The van der Waals surface area contributed by atoms with Gasteiger partial charge in [-0.05, 0) is 81.1 Å². The largest absolute Gasteiger partial charge is 0.368 e. The third-order valence-corrected chi connectivity index (χ3v) is 8.45. The van der Waals surface area contributed by atoms with Crippen molar-refractivity contribution < 1.29 is 22.3 Å². The van der Waals surface area contributed by atoms with Gasteiger partial charge in [0, 0.05) is 17.4 Å². The van der Waals surface area contributed by atoms with Gasteiger partial charge in [-0.3, -0.25) is 0 Å². The van der Waals surface area contributed by atoms with Crippen molar-refractivity contribution in [2.45, 2.75) is 63.9 Å². The van der Waals surface area contributed by atoms with Gasteiger partial charge in [-0.1, -0.05) is 29.9 Å². The molecule has 4 atom stereocenters. The van der Waals surface area contributed by atoms with Gasteiger partial charge >= 0.3 is 0 Å². The van der Waals surface area contributed by atoms with Crippen molar-refractivity contribution >= 4 is 0 Å². The molecule has 4 unspecified atom stereocenters. The van der Waals surface area contributed by atoms with Gasteiger partial charge in [0.1, 0.15) is 17.8 Å². The van der Waals surface area contributed by atoms with Crippen LogP contribution in [0.15, 0.2) is 70.9 Å². The smallest absolute Gasteiger partial charge is 0.160 e. The topological polar surface area (TPSA) is 12.5 Å². The summed E-state index contributed by atoms with van der Waals surface area (Å²) < 4.78 is 64.5. The Labute approximate surface area is 193 Å². The van der Waals surface area contributed by atoms with E-state index in [-0.39, 0.29) is 17.9 Å². The molecule has 5 rings (SSSR count). The number of ether oxygens (including phenoxy) is 1. The Morgan fingerprint density at radius 3 is 2.15 bits per heavy atom. The van der Waals surface area contributed by atoms with Gasteiger partial charge in [-0.2, -0.15) is 0 Å². The fourth-order valence-corrected chi connectivity index (χ4v) is 6.26. The van der Waals surface area contributed by atoms with E-state index in [9.17, 15) is 8.78 Å². The molecule has 0 aromatic heterocycles. The summed E-state index contributed by atoms with van der Waals surface area (Å²) >= 11 is 0. The first-order valence-electron chi connectivity index (χ1n) is 12.4. The minimum Gasteiger partial charge on any atom is -0.368 e. The Morgan fingerprint density at radius 1 is 0.818 bits per heavy atom. The summed E-state index contributed by atoms with van der Waals surface area (Å²) in [5.74, 6) is -3.22. The third-order valence-electron chi connectivity index (χ3n) is 8.45. The lowest BCUT2D eigenvalue weighted by Crippen LogP contribution is -2.24. The number of hydrogen-bond donors (Lipinski definition) is 0. The van der Waals surface area contributed by atoms with Crippen LogP contribution < -0.4 is 0 Å². The molecule has 0 N–H and O–H groups in total. The maximum atomic E-state index is 15.1. The second-order valence-electron chi connectivity index (χ2n) is 10.3. The molecule has 0 spiro atoms. The summed E-state index contributed by atoms with van der Waals surface area (Å²) in [6.45, 7) is 4.31. The molecule has 4 aliphatic carbocycles. The minimum absolute atomic E-state index is 0.0240. The average molecular weight is 461 g/mol. The number of halogens is 4. The van der Waals surface area contributed by atoms with E-state index in [4.69, 9.17) is 4.74 Å². The minimum atomic E-state index is -0.758. The lowest BCUT2D eigenvalue weighted by molar-refractivity contribution is 0.277. The lowest BCUT2D eigenvalue weighted by Gasteiger charge is -2.34. The molecule has 1 saturated heterocycles. The van der Waals surface area contributed by atoms with Crippen LogP contribution in [0.3, 0.4) is 0 Å². The summed E-state index contributed by atoms with van der Waals surface area (Å²) in [5.41, 5.74) is 1.79. The van der Waals surface area contributed by atoms with Gasteiger partial charge in [0.05, 0.1) is 6.61 Å². The summed E-state index contributed by atoms with van der Waals surface area (Å²) in [6, 6.07) is 0. The molecule has 0 aromatic carbocycles. The first kappa shape index (κ1) is 22.9. The lowest BCUT2D eigenvalue weighted by atomic mass is 9.72. The fraction of sp³-hybridized carbons (Fsp3) is 0.571. The SMILES string of the molecule is C=CC1CCC(C2=CCC(C3=CCC(C4CC=C(C5CO5)C(F)=C4F)CC3)C(F)=C2F)CC1. The third kappa shape index (κ3) is 4.45. The second kappa shape index (κ2) is 9.40. The number of epoxide rings is 1. The predicted molar refractivity (Wildman–Crippen MR) is 122 cm³/mol. The van der Waals surface area contributed by atoms with Gasteiger partial charge in [-0.25, -0.2) is 17.6 Å². The highest BCUT2D eigenvalue weighted by molar-refractivity contribution is 5.40. The summed E-state index contributed by atoms with van der Waals surface area (Å²) in [7, 11) is 0. The van der Waals surface area contributed by atoms with Crippen LogP contribution in [0.25, 0.3) is 0 Å². The molecule has 2 fully saturated rings. The maximum absolute atomic E-state index is 15.1. The molecule has 0 amide bonds. The standard InChI is InChI=1S/C28H32F4O/c1-2-16-3-5-17(6-4-16)20-11-12-21(26(30)25(20)29)18-7-9-19(10-8-18)22-13-14-23(24-15-33-24)28(32)27(22)31/h2,7,11,14,16-17,19,21-22,24H,1,3-6,8-10,12-13,15H2. The van der Waals surface area contributed by atoms with Crippen LogP contribution in [0.4, 0.5) is 17.6 Å². The predicted octanol–water partition coefficient (Wildman–Crippen LogP) is 8.30. The van der Waals surface area contributed by atoms with Crippen LogP contribution in [0.2, 0.25) is 0 Å². The zero-order valence-electron chi connectivity index (χ0n) is 19.0. The Hall–Kier alpha value is -1.88. The summed E-state index contributed by atoms with van der Waals surface area (Å²) in [4.78, 5) is 0. The van der Waals surface area contributed by atoms with Gasteiger partial charge < -0.3 is 4.74 Å². The highest BCUT2D eigenvalue weighted by Crippen LogP contribution is 2.48. The molecule has 5 heteroatoms. The van der Waals surface area contributed by atoms with Crippen molar-refractivity contribution in [1.29, 1.82) is 0 Å². The fourth-order valence-electron chi connectivity index (χ4n) is 6.26. The van der Waals surface area contributed by atoms with E-state index in [1.54, 1.807) is 6.08 Å². The van der Waals surface area contributed by atoms with Crippen LogP contribution in [0.1, 0.15) is 57.8 Å². The number of rotatable bonds is 5. The molecule has 1 aliphatic heterocycles. The Morgan fingerprint density at radius 2 is 1.52 bits per heavy atom. The van der Waals surface area contributed by atoms with Gasteiger partial charge in [-0.15, -0.1) is 6.58 Å². The van der Waals surface area contributed by atoms with Gasteiger partial charge in [0.15, 0.2) is 11.7 Å². The monoisotopic (exact) mass is 460 g/mol. The molecule has 178 valence electrons. The van der Waals surface area contributed by atoms with Crippen molar-refractivity contribution in [2.75, 3.05) is 6.61 Å². The zero-order valence-corrected chi connectivity index (χ0v) is 19.0. The molecule has 5 aliphatic rings. The first-order valence-corrected chi connectivity index (χ1v) is 12.4. The number of allylic oxidation sites excluding steroid dienone is 9. The Balaban J connectivity index is 1.23. The Bertz CT molecular complexity index is 956. The van der Waals surface area contributed by atoms with Crippen molar-refractivity contribution in [3.05, 3.63) is 70.9 Å². The van der Waals surface area contributed by atoms with E-state index in [1.165, 1.54) is 0 Å². The van der Waals surface area contributed by atoms with E-state index in [1.807, 2.05) is 18.2 Å². The van der Waals surface area contributed by atoms with E-state index in [0.29, 0.717) is 55.8 Å². The van der Waals surface area contributed by atoms with Crippen LogP contribution in [-0.4, -0.2) is 12.7 Å². The van der Waals surface area contributed by atoms with E-state index < -0.39 is 35.1 Å². The molecule has 0 radical (unpaired) electrons. The molecule has 33 heavy (non-hydrogen) atoms. The van der Waals surface area contributed by atoms with E-state index >= 15 is 8.78 Å². The summed E-state index contributed by atoms with van der Waals surface area (Å²) in [5, 5.41) is 0. The van der Waals surface area contributed by atoms with Crippen molar-refractivity contribution in [3.63, 3.8) is 0 Å². The second-order valence-corrected chi connectivity index (χ2v) is 10.3. The molecular weight excluding hydrogens is 428 g/mol. The Kier molecular flexibility index (Phi) is 6.52. The van der Waals surface area contributed by atoms with E-state index in [0.717, 1.165) is 31.3 Å². The molecule has 0 aromatic rings. The van der Waals surface area contributed by atoms with Crippen LogP contribution >= 0.6 is 0 Å². The first-order chi connectivity index (χ1) is 16.0. The molecular formula is C28H32F4O. The van der Waals surface area contributed by atoms with Crippen LogP contribution in [-0.2, 0) is 4.74 Å². The highest BCUT2D eigenvalue weighted by Gasteiger charge is 2.39. The highest BCUT2D eigenvalue weighted by atomic mass is 19.2. The molecule has 1 nitrogen and oxygen atoms in total. The van der Waals surface area contributed by atoms with Gasteiger partial charge in [0.25, 0.3) is 0 Å². The van der Waals surface area contributed by atoms with Crippen molar-refractivity contribution in [1.82, 2.24) is 0 Å². The number of hydrogen-bond acceptors (Lipinski definition) is 1. The molecule has 1 heterocycles. The van der Waals surface area contributed by atoms with E-state index in [2.05, 4.69) is 6.58 Å². The van der Waals surface area contributed by atoms with Crippen molar-refractivity contribution in [3.8, 4) is 0 Å². The van der Waals surface area contributed by atoms with Crippen molar-refractivity contribution in [2.24, 2.45) is 29.6 Å². The zero-order chi connectivity index (χ0) is 23.1. The quantitative estimate of drug-likeness (QED) is 0.228. The van der Waals surface area contributed by atoms with Crippen LogP contribution in [0.5, 0.6) is 0 Å². The average Bonchev–Trinajstić information content (AvgIpc) is 3.68. The van der Waals surface area contributed by atoms with Crippen LogP contribution in [0, 0.1) is 29.6 Å². The summed E-state index contributed by atoms with van der Waals surface area (Å²) in [6.07, 6.45) is 13.8. The normalized spacial score (nSPS) is 37.4.